The number of ether oxygens (including phenoxy) is 1. The van der Waals surface area contributed by atoms with Gasteiger partial charge in [-0.05, 0) is 74.8 Å². The quantitative estimate of drug-likeness (QED) is 0.207. The van der Waals surface area contributed by atoms with E-state index < -0.39 is 0 Å². The summed E-state index contributed by atoms with van der Waals surface area (Å²) in [7, 11) is 0. The fraction of sp³-hybridized carbons (Fsp3) is 0.296. The Labute approximate surface area is 209 Å². The Morgan fingerprint density at radius 1 is 1.09 bits per heavy atom. The third kappa shape index (κ3) is 6.77. The van der Waals surface area contributed by atoms with E-state index in [2.05, 4.69) is 10.2 Å². The summed E-state index contributed by atoms with van der Waals surface area (Å²) in [4.78, 5) is 28.6. The minimum Gasteiger partial charge on any atom is -0.457 e. The first-order valence-electron chi connectivity index (χ1n) is 11.8. The molecule has 1 atom stereocenters. The van der Waals surface area contributed by atoms with Crippen molar-refractivity contribution < 1.29 is 14.3 Å². The number of nitrogens with one attached hydrogen (secondary N) is 2. The number of carbonyl (C=O) groups excluding carboxylic acids is 2. The molecule has 0 spiro atoms. The molecule has 0 unspecified atom stereocenters. The van der Waals surface area contributed by atoms with Gasteiger partial charge in [0.25, 0.3) is 0 Å². The molecule has 1 amide bonds. The van der Waals surface area contributed by atoms with Gasteiger partial charge in [0.1, 0.15) is 17.3 Å². The fourth-order valence-corrected chi connectivity index (χ4v) is 5.04. The number of amidine groups is 1. The van der Waals surface area contributed by atoms with E-state index in [9.17, 15) is 9.59 Å². The summed E-state index contributed by atoms with van der Waals surface area (Å²) < 4.78 is 5.79. The topological polar surface area (TPSA) is 109 Å². The molecule has 1 saturated heterocycles. The zero-order valence-corrected chi connectivity index (χ0v) is 20.4. The molecule has 0 bridgehead atoms. The van der Waals surface area contributed by atoms with Crippen molar-refractivity contribution in [3.8, 4) is 11.5 Å². The summed E-state index contributed by atoms with van der Waals surface area (Å²) in [5, 5.41) is 12.3. The lowest BCUT2D eigenvalue weighted by molar-refractivity contribution is -0.125. The number of ketones is 1. The van der Waals surface area contributed by atoms with Gasteiger partial charge in [-0.25, -0.2) is 0 Å². The Hall–Kier alpha value is -3.49. The molecule has 35 heavy (non-hydrogen) atoms. The number of para-hydroxylation sites is 1. The largest absolute Gasteiger partial charge is 0.457 e. The molecule has 2 heterocycles. The fourth-order valence-electron chi connectivity index (χ4n) is 4.22. The highest BCUT2D eigenvalue weighted by Gasteiger charge is 2.30. The predicted octanol–water partition coefficient (Wildman–Crippen LogP) is 4.57. The maximum atomic E-state index is 12.8. The first-order chi connectivity index (χ1) is 17.0. The lowest BCUT2D eigenvalue weighted by Crippen LogP contribution is -2.43. The van der Waals surface area contributed by atoms with E-state index in [1.54, 1.807) is 12.1 Å². The molecular formula is C27H30N4O3S. The number of benzene rings is 2. The Bertz CT molecular complexity index is 1160. The second kappa shape index (κ2) is 11.8. The van der Waals surface area contributed by atoms with Gasteiger partial charge in [0, 0.05) is 27.8 Å². The molecule has 4 rings (SSSR count). The second-order valence-electron chi connectivity index (χ2n) is 8.59. The van der Waals surface area contributed by atoms with Crippen LogP contribution in [0.4, 0.5) is 0 Å². The first-order valence-corrected chi connectivity index (χ1v) is 12.7. The maximum Gasteiger partial charge on any atom is 0.237 e. The lowest BCUT2D eigenvalue weighted by atomic mass is 10.1. The van der Waals surface area contributed by atoms with Gasteiger partial charge in [-0.15, -0.1) is 11.3 Å². The van der Waals surface area contributed by atoms with Crippen LogP contribution >= 0.6 is 11.3 Å². The van der Waals surface area contributed by atoms with E-state index in [4.69, 9.17) is 15.9 Å². The number of hydrogen-bond donors (Lipinski definition) is 3. The number of nitrogens with two attached hydrogens (primary N) is 1. The molecule has 182 valence electrons. The minimum absolute atomic E-state index is 0.0145. The van der Waals surface area contributed by atoms with Crippen LogP contribution in [0.3, 0.4) is 0 Å². The molecular weight excluding hydrogens is 460 g/mol. The lowest BCUT2D eigenvalue weighted by Gasteiger charge is -2.23. The van der Waals surface area contributed by atoms with Gasteiger partial charge in [0.2, 0.25) is 5.91 Å². The molecule has 0 radical (unpaired) electrons. The van der Waals surface area contributed by atoms with Crippen LogP contribution in [0.15, 0.2) is 66.0 Å². The van der Waals surface area contributed by atoms with Crippen molar-refractivity contribution in [2.45, 2.75) is 38.3 Å². The predicted molar refractivity (Wildman–Crippen MR) is 138 cm³/mol. The number of Topliss-reactive ketones (excluding diaryl/α,β-unsaturated/α-hetero) is 1. The Morgan fingerprint density at radius 2 is 1.83 bits per heavy atom. The van der Waals surface area contributed by atoms with E-state index >= 15 is 0 Å². The number of carbonyl (C=O) groups is 2. The van der Waals surface area contributed by atoms with Crippen LogP contribution in [0.1, 0.15) is 46.5 Å². The minimum atomic E-state index is -0.160. The van der Waals surface area contributed by atoms with Gasteiger partial charge < -0.3 is 15.8 Å². The molecule has 0 aliphatic carbocycles. The van der Waals surface area contributed by atoms with Gasteiger partial charge in [-0.2, -0.15) is 0 Å². The van der Waals surface area contributed by atoms with Crippen molar-refractivity contribution in [3.63, 3.8) is 0 Å². The van der Waals surface area contributed by atoms with Gasteiger partial charge in [0.05, 0.1) is 12.6 Å². The number of rotatable bonds is 11. The monoisotopic (exact) mass is 490 g/mol. The molecule has 1 fully saturated rings. The van der Waals surface area contributed by atoms with Crippen LogP contribution in [-0.2, 0) is 11.3 Å². The Kier molecular flexibility index (Phi) is 8.28. The number of likely N-dealkylation sites (tertiary alicyclic amines) is 1. The summed E-state index contributed by atoms with van der Waals surface area (Å²) in [6, 6.07) is 18.4. The first kappa shape index (κ1) is 24.6. The average Bonchev–Trinajstić information content (AvgIpc) is 3.54. The van der Waals surface area contributed by atoms with E-state index in [0.29, 0.717) is 42.8 Å². The SMILES string of the molecule is N=C(N)c1csc(CNC(=O)[C@@H]2CCCN2CCCC(=O)c2ccc(Oc3ccccc3)cc2)c1. The average molecular weight is 491 g/mol. The van der Waals surface area contributed by atoms with Crippen molar-refractivity contribution in [1.82, 2.24) is 10.2 Å². The molecule has 1 aromatic heterocycles. The summed E-state index contributed by atoms with van der Waals surface area (Å²) in [6.45, 7) is 2.02. The van der Waals surface area contributed by atoms with Gasteiger partial charge in [-0.1, -0.05) is 18.2 Å². The molecule has 1 aliphatic heterocycles. The van der Waals surface area contributed by atoms with E-state index in [1.165, 1.54) is 11.3 Å². The zero-order valence-electron chi connectivity index (χ0n) is 19.5. The standard InChI is InChI=1S/C27H30N4O3S/c28-26(29)20-16-23(35-18-20)17-30-27(33)24-8-4-14-31(24)15-5-9-25(32)19-10-12-22(13-11-19)34-21-6-2-1-3-7-21/h1-3,6-7,10-13,16,18,24H,4-5,8-9,14-15,17H2,(H3,28,29)(H,30,33)/t24-/m0/s1. The highest BCUT2D eigenvalue weighted by Crippen LogP contribution is 2.23. The number of nitrogens with zero attached hydrogens (tertiary/aromatic N) is 1. The smallest absolute Gasteiger partial charge is 0.237 e. The number of thiophene rings is 1. The van der Waals surface area contributed by atoms with Crippen LogP contribution in [-0.4, -0.2) is 41.6 Å². The molecule has 3 aromatic rings. The summed E-state index contributed by atoms with van der Waals surface area (Å²) >= 11 is 1.48. The molecule has 8 heteroatoms. The Morgan fingerprint density at radius 3 is 2.54 bits per heavy atom. The number of nitrogen functional groups attached to an aromatic ring is 1. The van der Waals surface area contributed by atoms with Gasteiger partial charge in [-0.3, -0.25) is 19.9 Å². The van der Waals surface area contributed by atoms with Crippen LogP contribution in [0.5, 0.6) is 11.5 Å². The molecule has 7 nitrogen and oxygen atoms in total. The summed E-state index contributed by atoms with van der Waals surface area (Å²) in [5.41, 5.74) is 6.86. The molecule has 1 aliphatic rings. The van der Waals surface area contributed by atoms with Crippen molar-refractivity contribution in [2.24, 2.45) is 5.73 Å². The van der Waals surface area contributed by atoms with Crippen LogP contribution in [0, 0.1) is 5.41 Å². The van der Waals surface area contributed by atoms with E-state index in [1.807, 2.05) is 53.9 Å². The summed E-state index contributed by atoms with van der Waals surface area (Å²) in [6.07, 6.45) is 2.94. The second-order valence-corrected chi connectivity index (χ2v) is 9.59. The van der Waals surface area contributed by atoms with Gasteiger partial charge >= 0.3 is 0 Å². The van der Waals surface area contributed by atoms with Crippen molar-refractivity contribution in [1.29, 1.82) is 5.41 Å². The van der Waals surface area contributed by atoms with E-state index in [-0.39, 0.29) is 23.6 Å². The normalized spacial score (nSPS) is 15.6. The Balaban J connectivity index is 1.21. The molecule has 2 aromatic carbocycles. The van der Waals surface area contributed by atoms with Crippen LogP contribution in [0.25, 0.3) is 0 Å². The highest BCUT2D eigenvalue weighted by atomic mass is 32.1. The molecule has 0 saturated carbocycles. The number of amides is 1. The van der Waals surface area contributed by atoms with Crippen molar-refractivity contribution in [3.05, 3.63) is 82.0 Å². The maximum absolute atomic E-state index is 12.8. The van der Waals surface area contributed by atoms with Crippen LogP contribution in [0.2, 0.25) is 0 Å². The summed E-state index contributed by atoms with van der Waals surface area (Å²) in [5.74, 6) is 1.59. The number of hydrogen-bond acceptors (Lipinski definition) is 6. The zero-order chi connectivity index (χ0) is 24.6. The van der Waals surface area contributed by atoms with Crippen LogP contribution < -0.4 is 15.8 Å². The third-order valence-corrected chi connectivity index (χ3v) is 7.01. The van der Waals surface area contributed by atoms with Crippen molar-refractivity contribution in [2.75, 3.05) is 13.1 Å². The van der Waals surface area contributed by atoms with Crippen molar-refractivity contribution >= 4 is 28.9 Å². The highest BCUT2D eigenvalue weighted by molar-refractivity contribution is 7.10. The van der Waals surface area contributed by atoms with E-state index in [0.717, 1.165) is 30.0 Å². The molecule has 4 N–H and O–H groups in total. The third-order valence-electron chi connectivity index (χ3n) is 6.07. The van der Waals surface area contributed by atoms with Gasteiger partial charge in [0.15, 0.2) is 5.78 Å².